The lowest BCUT2D eigenvalue weighted by atomic mass is 10.1. The smallest absolute Gasteiger partial charge is 0.206 e. The molecule has 0 amide bonds. The Balaban J connectivity index is 1.82. The second-order valence-corrected chi connectivity index (χ2v) is 10.5. The summed E-state index contributed by atoms with van der Waals surface area (Å²) in [6, 6.07) is 17.6. The molecule has 4 rings (SSSR count). The van der Waals surface area contributed by atoms with Crippen molar-refractivity contribution < 1.29 is 25.6 Å². The number of rotatable bonds is 4. The molecule has 0 atom stereocenters. The number of hydrogen-bond donors (Lipinski definition) is 0. The van der Waals surface area contributed by atoms with Crippen LogP contribution in [-0.2, 0) is 19.7 Å². The summed E-state index contributed by atoms with van der Waals surface area (Å²) in [6.07, 6.45) is 0. The van der Waals surface area contributed by atoms with E-state index in [2.05, 4.69) is 0 Å². The zero-order valence-corrected chi connectivity index (χ0v) is 16.9. The number of hydrogen-bond acceptors (Lipinski definition) is 4. The minimum atomic E-state index is -3.91. The van der Waals surface area contributed by atoms with Gasteiger partial charge in [0.2, 0.25) is 19.7 Å². The van der Waals surface area contributed by atoms with Crippen molar-refractivity contribution in [1.82, 2.24) is 0 Å². The van der Waals surface area contributed by atoms with Crippen LogP contribution in [0.1, 0.15) is 0 Å². The predicted molar refractivity (Wildman–Crippen MR) is 108 cm³/mol. The molecular formula is C22H14F2O4S2. The molecule has 0 saturated carbocycles. The van der Waals surface area contributed by atoms with Crippen molar-refractivity contribution in [1.29, 1.82) is 0 Å². The van der Waals surface area contributed by atoms with Crippen LogP contribution >= 0.6 is 0 Å². The molecule has 0 bridgehead atoms. The van der Waals surface area contributed by atoms with Gasteiger partial charge in [-0.15, -0.1) is 0 Å². The van der Waals surface area contributed by atoms with Crippen molar-refractivity contribution in [2.75, 3.05) is 0 Å². The Morgan fingerprint density at radius 1 is 0.433 bits per heavy atom. The Morgan fingerprint density at radius 2 is 0.767 bits per heavy atom. The maximum absolute atomic E-state index is 13.1. The van der Waals surface area contributed by atoms with Gasteiger partial charge in [0, 0.05) is 0 Å². The third-order valence-electron chi connectivity index (χ3n) is 4.65. The average molecular weight is 444 g/mol. The summed E-state index contributed by atoms with van der Waals surface area (Å²) in [5, 5.41) is 1.05. The van der Waals surface area contributed by atoms with Crippen molar-refractivity contribution in [2.45, 2.75) is 19.6 Å². The van der Waals surface area contributed by atoms with Gasteiger partial charge in [0.1, 0.15) is 11.6 Å². The first-order chi connectivity index (χ1) is 14.2. The van der Waals surface area contributed by atoms with Gasteiger partial charge in [-0.25, -0.2) is 25.6 Å². The third-order valence-corrected chi connectivity index (χ3v) is 8.19. The minimum absolute atomic E-state index is 0.0436. The molecule has 0 aliphatic carbocycles. The summed E-state index contributed by atoms with van der Waals surface area (Å²) in [5.74, 6) is -1.11. The molecular weight excluding hydrogens is 430 g/mol. The van der Waals surface area contributed by atoms with Crippen LogP contribution in [0.15, 0.2) is 105 Å². The van der Waals surface area contributed by atoms with E-state index in [1.807, 2.05) is 0 Å². The lowest BCUT2D eigenvalue weighted by molar-refractivity contribution is 0.593. The van der Waals surface area contributed by atoms with Gasteiger partial charge in [0.05, 0.1) is 19.6 Å². The van der Waals surface area contributed by atoms with Crippen molar-refractivity contribution in [3.8, 4) is 0 Å². The number of benzene rings is 4. The summed E-state index contributed by atoms with van der Waals surface area (Å²) >= 11 is 0. The summed E-state index contributed by atoms with van der Waals surface area (Å²) in [7, 11) is -7.82. The van der Waals surface area contributed by atoms with Crippen LogP contribution in [0, 0.1) is 11.6 Å². The number of sulfone groups is 2. The molecule has 0 aliphatic heterocycles. The Bertz CT molecular complexity index is 1350. The molecule has 4 nitrogen and oxygen atoms in total. The van der Waals surface area contributed by atoms with Gasteiger partial charge in [-0.05, 0) is 83.6 Å². The van der Waals surface area contributed by atoms with Crippen LogP contribution in [0.25, 0.3) is 10.8 Å². The molecule has 152 valence electrons. The fourth-order valence-electron chi connectivity index (χ4n) is 3.04. The van der Waals surface area contributed by atoms with Crippen LogP contribution in [-0.4, -0.2) is 16.8 Å². The molecule has 0 aromatic heterocycles. The zero-order valence-electron chi connectivity index (χ0n) is 15.3. The molecule has 4 aromatic carbocycles. The summed E-state index contributed by atoms with van der Waals surface area (Å²) in [5.41, 5.74) is 0. The van der Waals surface area contributed by atoms with Gasteiger partial charge in [-0.2, -0.15) is 0 Å². The summed E-state index contributed by atoms with van der Waals surface area (Å²) in [6.45, 7) is 0. The Hall–Kier alpha value is -3.10. The number of fused-ring (bicyclic) bond motifs is 1. The van der Waals surface area contributed by atoms with Crippen LogP contribution < -0.4 is 0 Å². The highest BCUT2D eigenvalue weighted by molar-refractivity contribution is 7.91. The lowest BCUT2D eigenvalue weighted by Gasteiger charge is -2.09. The maximum atomic E-state index is 13.1. The van der Waals surface area contributed by atoms with Gasteiger partial charge in [0.15, 0.2) is 0 Å². The SMILES string of the molecule is O=S(=O)(c1ccc(F)cc1)c1ccc2ccc(S(=O)(=O)c3ccc(F)cc3)cc2c1. The molecule has 0 heterocycles. The van der Waals surface area contributed by atoms with E-state index >= 15 is 0 Å². The first-order valence-corrected chi connectivity index (χ1v) is 11.7. The standard InChI is InChI=1S/C22H14F2O4S2/c23-17-3-9-19(10-4-17)29(25,26)21-7-1-15-2-8-22(14-16(15)13-21)30(27,28)20-11-5-18(24)6-12-20/h1-14H. The summed E-state index contributed by atoms with van der Waals surface area (Å²) < 4.78 is 77.7. The Kier molecular flexibility index (Phi) is 4.91. The molecule has 0 saturated heterocycles. The molecule has 8 heteroatoms. The van der Waals surface area contributed by atoms with Gasteiger partial charge in [-0.1, -0.05) is 12.1 Å². The highest BCUT2D eigenvalue weighted by atomic mass is 32.2. The van der Waals surface area contributed by atoms with Crippen LogP contribution in [0.2, 0.25) is 0 Å². The van der Waals surface area contributed by atoms with Gasteiger partial charge < -0.3 is 0 Å². The predicted octanol–water partition coefficient (Wildman–Crippen LogP) is 4.78. The highest BCUT2D eigenvalue weighted by Crippen LogP contribution is 2.28. The Morgan fingerprint density at radius 3 is 1.13 bits per heavy atom. The largest absolute Gasteiger partial charge is 0.219 e. The third kappa shape index (κ3) is 3.59. The second kappa shape index (κ2) is 7.30. The summed E-state index contributed by atoms with van der Waals surface area (Å²) in [4.78, 5) is -0.229. The first kappa shape index (κ1) is 20.2. The zero-order chi connectivity index (χ0) is 21.5. The molecule has 0 aliphatic rings. The molecule has 0 fully saturated rings. The fraction of sp³-hybridized carbons (Fsp3) is 0. The van der Waals surface area contributed by atoms with E-state index in [-0.39, 0.29) is 19.6 Å². The molecule has 0 spiro atoms. The molecule has 0 radical (unpaired) electrons. The van der Waals surface area contributed by atoms with E-state index < -0.39 is 31.3 Å². The van der Waals surface area contributed by atoms with Crippen LogP contribution in [0.4, 0.5) is 8.78 Å². The highest BCUT2D eigenvalue weighted by Gasteiger charge is 2.20. The van der Waals surface area contributed by atoms with Crippen LogP contribution in [0.3, 0.4) is 0 Å². The van der Waals surface area contributed by atoms with Crippen LogP contribution in [0.5, 0.6) is 0 Å². The van der Waals surface area contributed by atoms with E-state index in [1.165, 1.54) is 48.5 Å². The van der Waals surface area contributed by atoms with E-state index in [0.717, 1.165) is 24.3 Å². The average Bonchev–Trinajstić information content (AvgIpc) is 2.73. The quantitative estimate of drug-likeness (QED) is 0.425. The van der Waals surface area contributed by atoms with E-state index in [0.29, 0.717) is 10.8 Å². The fourth-order valence-corrected chi connectivity index (χ4v) is 5.63. The van der Waals surface area contributed by atoms with Gasteiger partial charge in [-0.3, -0.25) is 0 Å². The number of halogens is 2. The van der Waals surface area contributed by atoms with E-state index in [1.54, 1.807) is 12.1 Å². The Labute approximate surface area is 172 Å². The van der Waals surface area contributed by atoms with Crippen molar-refractivity contribution in [2.24, 2.45) is 0 Å². The van der Waals surface area contributed by atoms with Crippen molar-refractivity contribution >= 4 is 30.4 Å². The van der Waals surface area contributed by atoms with E-state index in [9.17, 15) is 25.6 Å². The molecule has 30 heavy (non-hydrogen) atoms. The van der Waals surface area contributed by atoms with Gasteiger partial charge >= 0.3 is 0 Å². The maximum Gasteiger partial charge on any atom is 0.206 e. The first-order valence-electron chi connectivity index (χ1n) is 8.73. The molecule has 0 unspecified atom stereocenters. The molecule has 0 N–H and O–H groups in total. The van der Waals surface area contributed by atoms with Gasteiger partial charge in [0.25, 0.3) is 0 Å². The molecule has 4 aromatic rings. The topological polar surface area (TPSA) is 68.3 Å². The van der Waals surface area contributed by atoms with Crippen molar-refractivity contribution in [3.63, 3.8) is 0 Å². The lowest BCUT2D eigenvalue weighted by Crippen LogP contribution is -2.03. The normalized spacial score (nSPS) is 12.2. The van der Waals surface area contributed by atoms with Crippen molar-refractivity contribution in [3.05, 3.63) is 96.6 Å². The monoisotopic (exact) mass is 444 g/mol. The van der Waals surface area contributed by atoms with E-state index in [4.69, 9.17) is 0 Å². The second-order valence-electron chi connectivity index (χ2n) is 6.59. The minimum Gasteiger partial charge on any atom is -0.219 e.